The van der Waals surface area contributed by atoms with Crippen molar-refractivity contribution < 1.29 is 9.05 Å². The number of anilines is 1. The van der Waals surface area contributed by atoms with E-state index in [2.05, 4.69) is 18.5 Å². The Morgan fingerprint density at radius 2 is 1.67 bits per heavy atom. The molecule has 0 aliphatic heterocycles. The molecule has 0 saturated heterocycles. The molecule has 0 heterocycles. The lowest BCUT2D eigenvalue weighted by molar-refractivity contribution is 0.244. The maximum atomic E-state index is 5.98. The number of alkyl halides is 1. The van der Waals surface area contributed by atoms with Gasteiger partial charge in [-0.15, -0.1) is 11.6 Å². The number of rotatable bonds is 11. The predicted octanol–water partition coefficient (Wildman–Crippen LogP) is 5.20. The van der Waals surface area contributed by atoms with Crippen molar-refractivity contribution in [2.75, 3.05) is 30.3 Å². The Hall–Kier alpha value is -0.120. The van der Waals surface area contributed by atoms with Crippen LogP contribution in [-0.2, 0) is 20.9 Å². The molecule has 0 N–H and O–H groups in total. The highest BCUT2D eigenvalue weighted by molar-refractivity contribution is 8.10. The van der Waals surface area contributed by atoms with Crippen molar-refractivity contribution in [3.8, 4) is 0 Å². The first kappa shape index (κ1) is 18.9. The molecule has 120 valence electrons. The minimum atomic E-state index is -2.51. The van der Waals surface area contributed by atoms with E-state index in [1.807, 2.05) is 30.3 Å². The van der Waals surface area contributed by atoms with E-state index in [0.29, 0.717) is 19.1 Å². The van der Waals surface area contributed by atoms with Gasteiger partial charge in [-0.2, -0.15) is 0 Å². The fraction of sp³-hybridized carbons (Fsp3) is 0.600. The van der Waals surface area contributed by atoms with E-state index in [0.717, 1.165) is 31.5 Å². The first-order chi connectivity index (χ1) is 10.2. The molecule has 0 aliphatic carbocycles. The second-order valence-electron chi connectivity index (χ2n) is 4.64. The SMILES string of the molecule is CCCOP(=S)(OCCC)N(CCCCl)c1ccccc1. The van der Waals surface area contributed by atoms with E-state index >= 15 is 0 Å². The summed E-state index contributed by atoms with van der Waals surface area (Å²) in [5.74, 6) is 0.597. The molecule has 0 spiro atoms. The third-order valence-corrected chi connectivity index (χ3v) is 6.30. The van der Waals surface area contributed by atoms with Gasteiger partial charge in [0.15, 0.2) is 0 Å². The number of para-hydroxylation sites is 1. The molecule has 0 saturated carbocycles. The van der Waals surface area contributed by atoms with Crippen LogP contribution in [0.4, 0.5) is 5.69 Å². The van der Waals surface area contributed by atoms with E-state index in [1.54, 1.807) is 0 Å². The van der Waals surface area contributed by atoms with E-state index in [4.69, 9.17) is 32.5 Å². The lowest BCUT2D eigenvalue weighted by Gasteiger charge is -2.35. The first-order valence-electron chi connectivity index (χ1n) is 7.46. The van der Waals surface area contributed by atoms with Gasteiger partial charge in [-0.3, -0.25) is 0 Å². The lowest BCUT2D eigenvalue weighted by atomic mass is 10.3. The summed E-state index contributed by atoms with van der Waals surface area (Å²) in [6.45, 7) is 3.62. The molecular weight excluding hydrogens is 325 g/mol. The van der Waals surface area contributed by atoms with Crippen LogP contribution in [0.2, 0.25) is 0 Å². The van der Waals surface area contributed by atoms with Gasteiger partial charge in [-0.25, -0.2) is 0 Å². The van der Waals surface area contributed by atoms with Crippen LogP contribution in [0, 0.1) is 0 Å². The molecule has 0 radical (unpaired) electrons. The largest absolute Gasteiger partial charge is 0.314 e. The lowest BCUT2D eigenvalue weighted by Crippen LogP contribution is -2.24. The van der Waals surface area contributed by atoms with Crippen LogP contribution in [0.15, 0.2) is 30.3 Å². The number of hydrogen-bond donors (Lipinski definition) is 0. The highest BCUT2D eigenvalue weighted by Gasteiger charge is 2.28. The summed E-state index contributed by atoms with van der Waals surface area (Å²) in [5.41, 5.74) is 1.04. The molecule has 0 unspecified atom stereocenters. The normalized spacial score (nSPS) is 11.6. The molecule has 0 atom stereocenters. The highest BCUT2D eigenvalue weighted by Crippen LogP contribution is 2.54. The fourth-order valence-electron chi connectivity index (χ4n) is 1.79. The van der Waals surface area contributed by atoms with Crippen LogP contribution in [0.1, 0.15) is 33.1 Å². The smallest absolute Gasteiger partial charge is 0.290 e. The number of halogens is 1. The van der Waals surface area contributed by atoms with E-state index in [9.17, 15) is 0 Å². The first-order valence-corrected chi connectivity index (χ1v) is 10.6. The zero-order chi connectivity index (χ0) is 15.6. The third-order valence-electron chi connectivity index (χ3n) is 2.77. The van der Waals surface area contributed by atoms with Crippen molar-refractivity contribution in [3.63, 3.8) is 0 Å². The zero-order valence-electron chi connectivity index (χ0n) is 12.8. The molecule has 0 aliphatic rings. The Morgan fingerprint density at radius 3 is 2.14 bits per heavy atom. The molecule has 21 heavy (non-hydrogen) atoms. The molecule has 1 aromatic rings. The molecular formula is C15H25ClNO2PS. The quantitative estimate of drug-likeness (QED) is 0.404. The summed E-state index contributed by atoms with van der Waals surface area (Å²) in [6, 6.07) is 10.1. The van der Waals surface area contributed by atoms with Gasteiger partial charge in [0.25, 0.3) is 6.64 Å². The monoisotopic (exact) mass is 349 g/mol. The van der Waals surface area contributed by atoms with Gasteiger partial charge in [0.05, 0.1) is 13.2 Å². The highest BCUT2D eigenvalue weighted by atomic mass is 35.5. The average Bonchev–Trinajstić information content (AvgIpc) is 2.52. The van der Waals surface area contributed by atoms with Gasteiger partial charge >= 0.3 is 0 Å². The number of nitrogens with zero attached hydrogens (tertiary/aromatic N) is 1. The van der Waals surface area contributed by atoms with Crippen molar-refractivity contribution in [2.24, 2.45) is 0 Å². The molecule has 1 rings (SSSR count). The third kappa shape index (κ3) is 6.25. The Kier molecular flexibility index (Phi) is 9.54. The van der Waals surface area contributed by atoms with Crippen molar-refractivity contribution in [1.29, 1.82) is 0 Å². The van der Waals surface area contributed by atoms with Crippen molar-refractivity contribution in [3.05, 3.63) is 30.3 Å². The van der Waals surface area contributed by atoms with Gasteiger partial charge in [-0.05, 0) is 43.2 Å². The Balaban J connectivity index is 3.01. The number of benzene rings is 1. The topological polar surface area (TPSA) is 21.7 Å². The predicted molar refractivity (Wildman–Crippen MR) is 95.9 cm³/mol. The van der Waals surface area contributed by atoms with Crippen LogP contribution in [0.3, 0.4) is 0 Å². The molecule has 1 aromatic carbocycles. The van der Waals surface area contributed by atoms with E-state index < -0.39 is 6.64 Å². The van der Waals surface area contributed by atoms with Crippen molar-refractivity contribution in [1.82, 2.24) is 0 Å². The molecule has 0 aromatic heterocycles. The van der Waals surface area contributed by atoms with Crippen LogP contribution in [0.25, 0.3) is 0 Å². The minimum Gasteiger partial charge on any atom is -0.314 e. The summed E-state index contributed by atoms with van der Waals surface area (Å²) in [5, 5.41) is 0. The van der Waals surface area contributed by atoms with Crippen molar-refractivity contribution >= 4 is 35.7 Å². The van der Waals surface area contributed by atoms with Gasteiger partial charge in [0, 0.05) is 18.1 Å². The summed E-state index contributed by atoms with van der Waals surface area (Å²) < 4.78 is 14.1. The van der Waals surface area contributed by atoms with Crippen LogP contribution in [-0.4, -0.2) is 25.6 Å². The Bertz CT molecular complexity index is 421. The van der Waals surface area contributed by atoms with Gasteiger partial charge in [-0.1, -0.05) is 32.0 Å². The van der Waals surface area contributed by atoms with E-state index in [1.165, 1.54) is 0 Å². The van der Waals surface area contributed by atoms with Crippen LogP contribution >= 0.6 is 18.2 Å². The van der Waals surface area contributed by atoms with Gasteiger partial charge < -0.3 is 13.7 Å². The average molecular weight is 350 g/mol. The molecule has 6 heteroatoms. The Labute approximate surface area is 138 Å². The molecule has 0 amide bonds. The van der Waals surface area contributed by atoms with E-state index in [-0.39, 0.29) is 0 Å². The summed E-state index contributed by atoms with van der Waals surface area (Å²) in [6.07, 6.45) is 2.69. The fourth-order valence-corrected chi connectivity index (χ4v) is 4.87. The maximum Gasteiger partial charge on any atom is 0.290 e. The van der Waals surface area contributed by atoms with Gasteiger partial charge in [0.2, 0.25) is 0 Å². The molecule has 0 fully saturated rings. The maximum absolute atomic E-state index is 5.98. The Morgan fingerprint density at radius 1 is 1.10 bits per heavy atom. The minimum absolute atomic E-state index is 0.597. The van der Waals surface area contributed by atoms with Gasteiger partial charge in [0.1, 0.15) is 0 Å². The standard InChI is InChI=1S/C15H25ClNO2PS/c1-3-13-18-20(21,19-14-4-2)17(12-8-11-16)15-9-6-5-7-10-15/h5-7,9-10H,3-4,8,11-14H2,1-2H3. The molecule has 3 nitrogen and oxygen atoms in total. The van der Waals surface area contributed by atoms with Crippen molar-refractivity contribution in [2.45, 2.75) is 33.1 Å². The summed E-state index contributed by atoms with van der Waals surface area (Å²) in [4.78, 5) is 0. The summed E-state index contributed by atoms with van der Waals surface area (Å²) >= 11 is 11.7. The second-order valence-corrected chi connectivity index (χ2v) is 8.33. The van der Waals surface area contributed by atoms with Crippen LogP contribution < -0.4 is 4.67 Å². The zero-order valence-corrected chi connectivity index (χ0v) is 15.3. The van der Waals surface area contributed by atoms with Crippen LogP contribution in [0.5, 0.6) is 0 Å². The summed E-state index contributed by atoms with van der Waals surface area (Å²) in [7, 11) is 0. The second kappa shape index (κ2) is 10.6. The number of hydrogen-bond acceptors (Lipinski definition) is 3. The molecule has 0 bridgehead atoms.